The Kier molecular flexibility index (Phi) is 4.49. The van der Waals surface area contributed by atoms with Crippen LogP contribution in [0, 0.1) is 6.92 Å². The zero-order valence-electron chi connectivity index (χ0n) is 14.0. The van der Waals surface area contributed by atoms with E-state index in [1.165, 1.54) is 16.4 Å². The molecule has 0 saturated heterocycles. The average molecular weight is 346 g/mol. The first kappa shape index (κ1) is 16.8. The van der Waals surface area contributed by atoms with Crippen molar-refractivity contribution in [2.75, 3.05) is 7.05 Å². The SMILES string of the molecule is Cc1snc(-c2ccc(O)cc2)c1CC1(N(C)C(=O)O)CCCC1. The molecular formula is C18H22N2O3S. The van der Waals surface area contributed by atoms with Crippen molar-refractivity contribution >= 4 is 17.6 Å². The van der Waals surface area contributed by atoms with Crippen LogP contribution in [0.15, 0.2) is 24.3 Å². The fraction of sp³-hybridized carbons (Fsp3) is 0.444. The van der Waals surface area contributed by atoms with Gasteiger partial charge in [0.15, 0.2) is 0 Å². The summed E-state index contributed by atoms with van der Waals surface area (Å²) in [6.45, 7) is 2.04. The fourth-order valence-corrected chi connectivity index (χ4v) is 4.36. The zero-order chi connectivity index (χ0) is 17.3. The van der Waals surface area contributed by atoms with E-state index in [-0.39, 0.29) is 11.3 Å². The number of rotatable bonds is 4. The molecule has 1 aromatic heterocycles. The number of carboxylic acid groups (broad SMARTS) is 1. The van der Waals surface area contributed by atoms with Crippen molar-refractivity contribution in [3.05, 3.63) is 34.7 Å². The molecule has 128 valence electrons. The summed E-state index contributed by atoms with van der Waals surface area (Å²) in [6, 6.07) is 7.02. The third kappa shape index (κ3) is 2.98. The van der Waals surface area contributed by atoms with Gasteiger partial charge in [-0.25, -0.2) is 4.79 Å². The molecule has 5 nitrogen and oxygen atoms in total. The Bertz CT molecular complexity index is 733. The number of aryl methyl sites for hydroxylation is 1. The number of likely N-dealkylation sites (N-methyl/N-ethyl adjacent to an activating group) is 1. The summed E-state index contributed by atoms with van der Waals surface area (Å²) in [5.41, 5.74) is 2.65. The Morgan fingerprint density at radius 2 is 1.92 bits per heavy atom. The van der Waals surface area contributed by atoms with Crippen LogP contribution in [0.4, 0.5) is 4.79 Å². The van der Waals surface area contributed by atoms with Crippen LogP contribution in [0.1, 0.15) is 36.1 Å². The standard InChI is InChI=1S/C18H22N2O3S/c1-12-15(11-18(9-3-4-10-18)20(2)17(22)23)16(19-24-12)13-5-7-14(21)8-6-13/h5-8,21H,3-4,9-11H2,1-2H3,(H,22,23). The summed E-state index contributed by atoms with van der Waals surface area (Å²) < 4.78 is 4.59. The van der Waals surface area contributed by atoms with E-state index in [2.05, 4.69) is 4.37 Å². The number of aromatic nitrogens is 1. The highest BCUT2D eigenvalue weighted by Gasteiger charge is 2.41. The van der Waals surface area contributed by atoms with E-state index in [1.54, 1.807) is 19.2 Å². The molecule has 0 bridgehead atoms. The molecule has 0 radical (unpaired) electrons. The Balaban J connectivity index is 1.99. The van der Waals surface area contributed by atoms with Gasteiger partial charge in [-0.15, -0.1) is 0 Å². The lowest BCUT2D eigenvalue weighted by Gasteiger charge is -2.37. The number of carbonyl (C=O) groups is 1. The van der Waals surface area contributed by atoms with E-state index in [9.17, 15) is 15.0 Å². The molecule has 3 rings (SSSR count). The minimum absolute atomic E-state index is 0.227. The maximum absolute atomic E-state index is 11.6. The Morgan fingerprint density at radius 3 is 2.50 bits per heavy atom. The molecule has 1 aliphatic carbocycles. The second kappa shape index (κ2) is 6.43. The van der Waals surface area contributed by atoms with Crippen LogP contribution in [-0.4, -0.2) is 38.2 Å². The van der Waals surface area contributed by atoms with Gasteiger partial charge in [-0.2, -0.15) is 4.37 Å². The lowest BCUT2D eigenvalue weighted by atomic mass is 9.86. The van der Waals surface area contributed by atoms with Gasteiger partial charge in [0.25, 0.3) is 0 Å². The number of hydrogen-bond acceptors (Lipinski definition) is 4. The number of hydrogen-bond donors (Lipinski definition) is 2. The summed E-state index contributed by atoms with van der Waals surface area (Å²) in [7, 11) is 1.68. The largest absolute Gasteiger partial charge is 0.508 e. The van der Waals surface area contributed by atoms with E-state index in [0.29, 0.717) is 6.42 Å². The molecule has 1 heterocycles. The van der Waals surface area contributed by atoms with Crippen molar-refractivity contribution in [3.8, 4) is 17.0 Å². The van der Waals surface area contributed by atoms with Crippen molar-refractivity contribution in [1.82, 2.24) is 9.27 Å². The highest BCUT2D eigenvalue weighted by Crippen LogP contribution is 2.41. The highest BCUT2D eigenvalue weighted by molar-refractivity contribution is 7.06. The fourth-order valence-electron chi connectivity index (χ4n) is 3.64. The van der Waals surface area contributed by atoms with Gasteiger partial charge in [0, 0.05) is 17.5 Å². The summed E-state index contributed by atoms with van der Waals surface area (Å²) in [5.74, 6) is 0.227. The van der Waals surface area contributed by atoms with E-state index in [0.717, 1.165) is 47.4 Å². The van der Waals surface area contributed by atoms with Crippen molar-refractivity contribution in [2.24, 2.45) is 0 Å². The molecule has 0 spiro atoms. The number of phenolic OH excluding ortho intramolecular Hbond substituents is 1. The number of aromatic hydroxyl groups is 1. The average Bonchev–Trinajstić information content (AvgIpc) is 3.17. The van der Waals surface area contributed by atoms with Gasteiger partial charge in [-0.3, -0.25) is 0 Å². The summed E-state index contributed by atoms with van der Waals surface area (Å²) in [4.78, 5) is 14.2. The van der Waals surface area contributed by atoms with Gasteiger partial charge in [-0.05, 0) is 67.5 Å². The first-order valence-corrected chi connectivity index (χ1v) is 8.92. The topological polar surface area (TPSA) is 73.7 Å². The molecule has 2 N–H and O–H groups in total. The third-order valence-corrected chi connectivity index (χ3v) is 5.96. The van der Waals surface area contributed by atoms with Gasteiger partial charge in [0.1, 0.15) is 5.75 Å². The smallest absolute Gasteiger partial charge is 0.407 e. The Labute approximate surface area is 145 Å². The summed E-state index contributed by atoms with van der Waals surface area (Å²) in [5, 5.41) is 19.0. The van der Waals surface area contributed by atoms with Crippen molar-refractivity contribution in [2.45, 2.75) is 44.6 Å². The van der Waals surface area contributed by atoms with E-state index >= 15 is 0 Å². The molecule has 1 fully saturated rings. The van der Waals surface area contributed by atoms with E-state index in [4.69, 9.17) is 0 Å². The van der Waals surface area contributed by atoms with Crippen LogP contribution in [0.25, 0.3) is 11.3 Å². The monoisotopic (exact) mass is 346 g/mol. The van der Waals surface area contributed by atoms with Crippen LogP contribution in [0.2, 0.25) is 0 Å². The maximum Gasteiger partial charge on any atom is 0.407 e. The van der Waals surface area contributed by atoms with Crippen molar-refractivity contribution in [3.63, 3.8) is 0 Å². The lowest BCUT2D eigenvalue weighted by molar-refractivity contribution is 0.0953. The second-order valence-electron chi connectivity index (χ2n) is 6.56. The first-order valence-electron chi connectivity index (χ1n) is 8.14. The minimum Gasteiger partial charge on any atom is -0.508 e. The Morgan fingerprint density at radius 1 is 1.29 bits per heavy atom. The summed E-state index contributed by atoms with van der Waals surface area (Å²) >= 11 is 1.45. The van der Waals surface area contributed by atoms with Crippen molar-refractivity contribution in [1.29, 1.82) is 0 Å². The summed E-state index contributed by atoms with van der Waals surface area (Å²) in [6.07, 6.45) is 3.71. The van der Waals surface area contributed by atoms with Crippen LogP contribution >= 0.6 is 11.5 Å². The highest BCUT2D eigenvalue weighted by atomic mass is 32.1. The van der Waals surface area contributed by atoms with E-state index in [1.807, 2.05) is 19.1 Å². The number of nitrogens with zero attached hydrogens (tertiary/aromatic N) is 2. The van der Waals surface area contributed by atoms with Crippen LogP contribution in [-0.2, 0) is 6.42 Å². The van der Waals surface area contributed by atoms with Crippen LogP contribution < -0.4 is 0 Å². The van der Waals surface area contributed by atoms with Gasteiger partial charge >= 0.3 is 6.09 Å². The van der Waals surface area contributed by atoms with Gasteiger partial charge in [-0.1, -0.05) is 12.8 Å². The molecule has 1 aliphatic rings. The predicted octanol–water partition coefficient (Wildman–Crippen LogP) is 4.29. The predicted molar refractivity (Wildman–Crippen MR) is 94.6 cm³/mol. The number of phenols is 1. The first-order chi connectivity index (χ1) is 11.4. The molecule has 24 heavy (non-hydrogen) atoms. The van der Waals surface area contributed by atoms with E-state index < -0.39 is 6.09 Å². The number of amides is 1. The molecular weight excluding hydrogens is 324 g/mol. The maximum atomic E-state index is 11.6. The minimum atomic E-state index is -0.871. The zero-order valence-corrected chi connectivity index (χ0v) is 14.8. The van der Waals surface area contributed by atoms with Gasteiger partial charge in [0.2, 0.25) is 0 Å². The van der Waals surface area contributed by atoms with Gasteiger partial charge < -0.3 is 15.1 Å². The van der Waals surface area contributed by atoms with Crippen LogP contribution in [0.5, 0.6) is 5.75 Å². The molecule has 0 unspecified atom stereocenters. The lowest BCUT2D eigenvalue weighted by Crippen LogP contribution is -2.48. The molecule has 6 heteroatoms. The molecule has 1 saturated carbocycles. The molecule has 0 atom stereocenters. The van der Waals surface area contributed by atoms with Gasteiger partial charge in [0.05, 0.1) is 11.2 Å². The normalized spacial score (nSPS) is 16.2. The quantitative estimate of drug-likeness (QED) is 0.866. The van der Waals surface area contributed by atoms with Crippen LogP contribution in [0.3, 0.4) is 0 Å². The molecule has 2 aromatic rings. The van der Waals surface area contributed by atoms with Crippen molar-refractivity contribution < 1.29 is 15.0 Å². The molecule has 1 aromatic carbocycles. The Hall–Kier alpha value is -2.08. The number of benzene rings is 1. The molecule has 0 aliphatic heterocycles. The molecule has 1 amide bonds. The third-order valence-electron chi connectivity index (χ3n) is 5.16. The second-order valence-corrected chi connectivity index (χ2v) is 7.54.